The van der Waals surface area contributed by atoms with E-state index in [4.69, 9.17) is 9.47 Å². The molecule has 0 spiro atoms. The predicted octanol–water partition coefficient (Wildman–Crippen LogP) is 6.13. The fraction of sp³-hybridized carbons (Fsp3) is 0.875. The third-order valence-corrected chi connectivity index (χ3v) is 9.64. The minimum atomic E-state index is -1.61. The molecule has 0 bridgehead atoms. The van der Waals surface area contributed by atoms with E-state index < -0.39 is 61.5 Å². The van der Waals surface area contributed by atoms with Crippen LogP contribution in [0.5, 0.6) is 0 Å². The predicted molar refractivity (Wildman–Crippen MR) is 199 cm³/mol. The van der Waals surface area contributed by atoms with Crippen molar-refractivity contribution < 1.29 is 44.9 Å². The van der Waals surface area contributed by atoms with Gasteiger partial charge in [-0.15, -0.1) is 0 Å². The van der Waals surface area contributed by atoms with E-state index in [1.54, 1.807) is 6.08 Å². The first kappa shape index (κ1) is 46.7. The number of carbonyl (C=O) groups is 1. The number of aliphatic hydroxyl groups excluding tert-OH is 6. The Morgan fingerprint density at radius 3 is 1.74 bits per heavy atom. The number of amides is 1. The van der Waals surface area contributed by atoms with Crippen LogP contribution in [0.15, 0.2) is 24.3 Å². The first-order valence-corrected chi connectivity index (χ1v) is 20.2. The number of unbranched alkanes of at least 4 members (excludes halogenated alkanes) is 19. The molecule has 3 unspecified atom stereocenters. The summed E-state index contributed by atoms with van der Waals surface area (Å²) in [6.45, 7) is 3.54. The summed E-state index contributed by atoms with van der Waals surface area (Å²) < 4.78 is 11.1. The van der Waals surface area contributed by atoms with Crippen LogP contribution in [0.3, 0.4) is 0 Å². The fourth-order valence-corrected chi connectivity index (χ4v) is 6.24. The fourth-order valence-electron chi connectivity index (χ4n) is 6.24. The zero-order valence-corrected chi connectivity index (χ0v) is 31.5. The van der Waals surface area contributed by atoms with Crippen LogP contribution < -0.4 is 5.32 Å². The standard InChI is InChI=1S/C40H75NO9/c1-3-5-7-9-11-13-15-17-19-20-22-24-26-28-33(43)32(31-49-40-38(47)37(46)36(45)35(30-42)50-40)41-39(48)34(44)29-27-25-23-21-18-16-14-12-10-8-6-4-2/h19-20,26,28,32-38,40,42-47H,3-18,21-25,27,29-31H2,1-2H3,(H,41,48)/b20-19+,28-26+/t32?,33?,34?,35-,36-,37+,38-,40+/m1/s1. The van der Waals surface area contributed by atoms with Gasteiger partial charge in [0.2, 0.25) is 5.91 Å². The first-order chi connectivity index (χ1) is 24.3. The van der Waals surface area contributed by atoms with Gasteiger partial charge in [0.25, 0.3) is 0 Å². The number of ether oxygens (including phenoxy) is 2. The van der Waals surface area contributed by atoms with Gasteiger partial charge < -0.3 is 45.4 Å². The maximum absolute atomic E-state index is 12.9. The molecule has 0 radical (unpaired) electrons. The molecule has 10 nitrogen and oxygen atoms in total. The molecule has 0 aromatic heterocycles. The number of allylic oxidation sites excluding steroid dienone is 3. The number of rotatable bonds is 32. The van der Waals surface area contributed by atoms with Crippen LogP contribution in [0.25, 0.3) is 0 Å². The van der Waals surface area contributed by atoms with Gasteiger partial charge in [0.1, 0.15) is 30.5 Å². The van der Waals surface area contributed by atoms with Crippen LogP contribution in [-0.2, 0) is 14.3 Å². The largest absolute Gasteiger partial charge is 0.394 e. The molecule has 1 rings (SSSR count). The lowest BCUT2D eigenvalue weighted by Gasteiger charge is -2.40. The molecule has 1 saturated heterocycles. The Balaban J connectivity index is 2.54. The van der Waals surface area contributed by atoms with Gasteiger partial charge in [-0.25, -0.2) is 0 Å². The van der Waals surface area contributed by atoms with Crippen molar-refractivity contribution in [3.63, 3.8) is 0 Å². The average Bonchev–Trinajstić information content (AvgIpc) is 3.11. The molecule has 294 valence electrons. The average molecular weight is 714 g/mol. The van der Waals surface area contributed by atoms with Crippen molar-refractivity contribution in [1.29, 1.82) is 0 Å². The molecule has 1 amide bonds. The molecule has 7 N–H and O–H groups in total. The molecular weight excluding hydrogens is 638 g/mol. The smallest absolute Gasteiger partial charge is 0.249 e. The zero-order valence-electron chi connectivity index (χ0n) is 31.5. The number of carbonyl (C=O) groups excluding carboxylic acids is 1. The van der Waals surface area contributed by atoms with E-state index in [0.29, 0.717) is 19.3 Å². The van der Waals surface area contributed by atoms with Crippen LogP contribution in [0.1, 0.15) is 162 Å². The van der Waals surface area contributed by atoms with E-state index in [-0.39, 0.29) is 6.61 Å². The highest BCUT2D eigenvalue weighted by Crippen LogP contribution is 2.22. The third kappa shape index (κ3) is 21.9. The molecule has 50 heavy (non-hydrogen) atoms. The Kier molecular flexibility index (Phi) is 29.1. The summed E-state index contributed by atoms with van der Waals surface area (Å²) in [6.07, 6.45) is 24.1. The van der Waals surface area contributed by atoms with Crippen molar-refractivity contribution in [2.24, 2.45) is 0 Å². The molecule has 10 heteroatoms. The number of aliphatic hydroxyl groups is 6. The molecule has 1 fully saturated rings. The van der Waals surface area contributed by atoms with Crippen LogP contribution in [-0.4, -0.2) is 98.7 Å². The highest BCUT2D eigenvalue weighted by molar-refractivity contribution is 5.80. The minimum absolute atomic E-state index is 0.306. The van der Waals surface area contributed by atoms with Gasteiger partial charge in [-0.05, 0) is 32.1 Å². The maximum Gasteiger partial charge on any atom is 0.249 e. The Hall–Kier alpha value is -1.37. The molecule has 0 saturated carbocycles. The molecule has 1 heterocycles. The van der Waals surface area contributed by atoms with Crippen molar-refractivity contribution >= 4 is 5.91 Å². The zero-order chi connectivity index (χ0) is 36.8. The van der Waals surface area contributed by atoms with E-state index in [1.807, 2.05) is 6.08 Å². The Labute approximate surface area is 303 Å². The second kappa shape index (κ2) is 31.2. The summed E-state index contributed by atoms with van der Waals surface area (Å²) in [5.41, 5.74) is 0. The van der Waals surface area contributed by atoms with Crippen LogP contribution in [0.4, 0.5) is 0 Å². The molecule has 0 aromatic rings. The lowest BCUT2D eigenvalue weighted by Crippen LogP contribution is -2.60. The van der Waals surface area contributed by atoms with Gasteiger partial charge in [-0.3, -0.25) is 4.79 Å². The molecular formula is C40H75NO9. The van der Waals surface area contributed by atoms with E-state index >= 15 is 0 Å². The lowest BCUT2D eigenvalue weighted by atomic mass is 9.99. The Morgan fingerprint density at radius 2 is 1.18 bits per heavy atom. The quantitative estimate of drug-likeness (QED) is 0.0320. The monoisotopic (exact) mass is 714 g/mol. The van der Waals surface area contributed by atoms with Crippen molar-refractivity contribution in [3.8, 4) is 0 Å². The Morgan fingerprint density at radius 1 is 0.680 bits per heavy atom. The van der Waals surface area contributed by atoms with Crippen molar-refractivity contribution in [2.45, 2.75) is 210 Å². The molecule has 8 atom stereocenters. The number of hydrogen-bond donors (Lipinski definition) is 7. The lowest BCUT2D eigenvalue weighted by molar-refractivity contribution is -0.302. The van der Waals surface area contributed by atoms with Crippen LogP contribution >= 0.6 is 0 Å². The summed E-state index contributed by atoms with van der Waals surface area (Å²) in [5.74, 6) is -0.628. The second-order valence-corrected chi connectivity index (χ2v) is 14.2. The second-order valence-electron chi connectivity index (χ2n) is 14.2. The van der Waals surface area contributed by atoms with Crippen molar-refractivity contribution in [1.82, 2.24) is 5.32 Å². The number of nitrogens with one attached hydrogen (secondary N) is 1. The van der Waals surface area contributed by atoms with Gasteiger partial charge in [-0.2, -0.15) is 0 Å². The van der Waals surface area contributed by atoms with Gasteiger partial charge >= 0.3 is 0 Å². The van der Waals surface area contributed by atoms with E-state index in [1.165, 1.54) is 96.3 Å². The summed E-state index contributed by atoms with van der Waals surface area (Å²) >= 11 is 0. The van der Waals surface area contributed by atoms with Gasteiger partial charge in [0.05, 0.1) is 25.4 Å². The highest BCUT2D eigenvalue weighted by Gasteiger charge is 2.44. The van der Waals surface area contributed by atoms with E-state index in [0.717, 1.165) is 32.1 Å². The summed E-state index contributed by atoms with van der Waals surface area (Å²) in [4.78, 5) is 12.9. The highest BCUT2D eigenvalue weighted by atomic mass is 16.7. The van der Waals surface area contributed by atoms with E-state index in [9.17, 15) is 35.4 Å². The Bertz CT molecular complexity index is 855. The SMILES string of the molecule is CCCCCCCCC/C=C/CC/C=C/C(O)C(CO[C@H]1O[C@H](CO)[C@@H](O)[C@H](O)[C@H]1O)NC(=O)C(O)CCCCCCCCCCCCCC. The number of hydrogen-bond acceptors (Lipinski definition) is 9. The topological polar surface area (TPSA) is 169 Å². The summed E-state index contributed by atoms with van der Waals surface area (Å²) in [7, 11) is 0. The van der Waals surface area contributed by atoms with Crippen LogP contribution in [0, 0.1) is 0 Å². The maximum atomic E-state index is 12.9. The van der Waals surface area contributed by atoms with Crippen LogP contribution in [0.2, 0.25) is 0 Å². The third-order valence-electron chi connectivity index (χ3n) is 9.64. The van der Waals surface area contributed by atoms with Crippen molar-refractivity contribution in [2.75, 3.05) is 13.2 Å². The minimum Gasteiger partial charge on any atom is -0.394 e. The van der Waals surface area contributed by atoms with Gasteiger partial charge in [0, 0.05) is 0 Å². The molecule has 1 aliphatic rings. The molecule has 0 aromatic carbocycles. The first-order valence-electron chi connectivity index (χ1n) is 20.2. The normalized spacial score (nSPS) is 23.1. The van der Waals surface area contributed by atoms with Gasteiger partial charge in [-0.1, -0.05) is 154 Å². The van der Waals surface area contributed by atoms with Crippen molar-refractivity contribution in [3.05, 3.63) is 24.3 Å². The van der Waals surface area contributed by atoms with E-state index in [2.05, 4.69) is 31.3 Å². The summed E-state index contributed by atoms with van der Waals surface area (Å²) in [5, 5.41) is 64.3. The molecule has 1 aliphatic heterocycles. The summed E-state index contributed by atoms with van der Waals surface area (Å²) in [6, 6.07) is -0.990. The van der Waals surface area contributed by atoms with Gasteiger partial charge in [0.15, 0.2) is 6.29 Å². The molecule has 0 aliphatic carbocycles.